The van der Waals surface area contributed by atoms with Gasteiger partial charge >= 0.3 is 0 Å². The molecule has 1 aromatic rings. The number of hydrogen-bond donors (Lipinski definition) is 2. The smallest absolute Gasteiger partial charge is 0.249 e. The average Bonchev–Trinajstić information content (AvgIpc) is 3.18. The summed E-state index contributed by atoms with van der Waals surface area (Å²) in [7, 11) is 0. The molecule has 1 aromatic carbocycles. The molecular weight excluding hydrogens is 344 g/mol. The first-order valence-corrected chi connectivity index (χ1v) is 9.92. The summed E-state index contributed by atoms with van der Waals surface area (Å²) in [4.78, 5) is 26.2. The highest BCUT2D eigenvalue weighted by molar-refractivity contribution is 5.92. The fraction of sp³-hybridized carbons (Fsp3) is 0.619. The second-order valence-corrected chi connectivity index (χ2v) is 8.06. The van der Waals surface area contributed by atoms with E-state index in [1.54, 1.807) is 4.90 Å². The Morgan fingerprint density at radius 1 is 1.26 bits per heavy atom. The van der Waals surface area contributed by atoms with Crippen LogP contribution in [-0.4, -0.2) is 47.6 Å². The van der Waals surface area contributed by atoms with Gasteiger partial charge in [-0.15, -0.1) is 0 Å². The Morgan fingerprint density at radius 2 is 1.93 bits per heavy atom. The van der Waals surface area contributed by atoms with Crippen LogP contribution in [0.1, 0.15) is 51.2 Å². The minimum absolute atomic E-state index is 0.0715. The van der Waals surface area contributed by atoms with Gasteiger partial charge in [0.1, 0.15) is 12.7 Å². The standard InChI is InChI=1S/C21H30N2O4/c1-14(2)11-23-18(12-27-13-19(23)24)20(25)15-7-9-17(10-8-15)22-21(26)16-5-3-4-6-16/h7-10,14,16,18,20,25H,3-6,11-13H2,1-2H3,(H,22,26)/t18-,20-/m1/s1. The number of aliphatic hydroxyl groups is 1. The van der Waals surface area contributed by atoms with E-state index in [1.807, 2.05) is 38.1 Å². The second-order valence-electron chi connectivity index (χ2n) is 8.06. The predicted molar refractivity (Wildman–Crippen MR) is 103 cm³/mol. The summed E-state index contributed by atoms with van der Waals surface area (Å²) in [5.74, 6) is 0.426. The van der Waals surface area contributed by atoms with Gasteiger partial charge in [-0.1, -0.05) is 38.8 Å². The normalized spacial score (nSPS) is 22.3. The number of rotatable bonds is 6. The Bertz CT molecular complexity index is 653. The number of carbonyl (C=O) groups excluding carboxylic acids is 2. The molecule has 2 atom stereocenters. The van der Waals surface area contributed by atoms with Crippen LogP contribution in [0.5, 0.6) is 0 Å². The molecule has 0 spiro atoms. The molecule has 1 saturated carbocycles. The number of ether oxygens (including phenoxy) is 1. The van der Waals surface area contributed by atoms with Gasteiger partial charge in [-0.2, -0.15) is 0 Å². The topological polar surface area (TPSA) is 78.9 Å². The molecule has 1 saturated heterocycles. The summed E-state index contributed by atoms with van der Waals surface area (Å²) in [6.07, 6.45) is 3.34. The third-order valence-corrected chi connectivity index (χ3v) is 5.41. The summed E-state index contributed by atoms with van der Waals surface area (Å²) >= 11 is 0. The van der Waals surface area contributed by atoms with Gasteiger partial charge in [-0.25, -0.2) is 0 Å². The van der Waals surface area contributed by atoms with Crippen molar-refractivity contribution in [2.45, 2.75) is 51.7 Å². The van der Waals surface area contributed by atoms with Crippen molar-refractivity contribution in [3.05, 3.63) is 29.8 Å². The molecular formula is C21H30N2O4. The SMILES string of the molecule is CC(C)CN1C(=O)COC[C@@H]1[C@H](O)c1ccc(NC(=O)C2CCCC2)cc1. The third kappa shape index (κ3) is 4.87. The van der Waals surface area contributed by atoms with E-state index >= 15 is 0 Å². The molecule has 1 aliphatic heterocycles. The zero-order valence-electron chi connectivity index (χ0n) is 16.2. The van der Waals surface area contributed by atoms with Crippen molar-refractivity contribution < 1.29 is 19.4 Å². The molecule has 0 bridgehead atoms. The minimum atomic E-state index is -0.826. The van der Waals surface area contributed by atoms with Crippen molar-refractivity contribution in [2.24, 2.45) is 11.8 Å². The van der Waals surface area contributed by atoms with Crippen molar-refractivity contribution in [3.8, 4) is 0 Å². The molecule has 6 heteroatoms. The fourth-order valence-electron chi connectivity index (χ4n) is 3.94. The highest BCUT2D eigenvalue weighted by atomic mass is 16.5. The summed E-state index contributed by atoms with van der Waals surface area (Å²) < 4.78 is 5.37. The lowest BCUT2D eigenvalue weighted by Crippen LogP contribution is -2.53. The molecule has 27 heavy (non-hydrogen) atoms. The van der Waals surface area contributed by atoms with Gasteiger partial charge in [0.2, 0.25) is 11.8 Å². The summed E-state index contributed by atoms with van der Waals surface area (Å²) in [5, 5.41) is 13.8. The van der Waals surface area contributed by atoms with Crippen molar-refractivity contribution in [3.63, 3.8) is 0 Å². The molecule has 1 heterocycles. The molecule has 2 fully saturated rings. The Balaban J connectivity index is 1.66. The van der Waals surface area contributed by atoms with Crippen LogP contribution in [-0.2, 0) is 14.3 Å². The van der Waals surface area contributed by atoms with E-state index in [-0.39, 0.29) is 24.3 Å². The zero-order valence-corrected chi connectivity index (χ0v) is 16.2. The Hall–Kier alpha value is -1.92. The maximum absolute atomic E-state index is 12.2. The highest BCUT2D eigenvalue weighted by Crippen LogP contribution is 2.28. The van der Waals surface area contributed by atoms with E-state index in [1.165, 1.54) is 0 Å². The molecule has 0 radical (unpaired) electrons. The van der Waals surface area contributed by atoms with Gasteiger partial charge in [0.15, 0.2) is 0 Å². The lowest BCUT2D eigenvalue weighted by atomic mass is 9.99. The van der Waals surface area contributed by atoms with Gasteiger partial charge in [0.05, 0.1) is 12.6 Å². The van der Waals surface area contributed by atoms with Crippen LogP contribution < -0.4 is 5.32 Å². The molecule has 2 N–H and O–H groups in total. The quantitative estimate of drug-likeness (QED) is 0.802. The van der Waals surface area contributed by atoms with Gasteiger partial charge in [-0.05, 0) is 36.5 Å². The lowest BCUT2D eigenvalue weighted by Gasteiger charge is -2.39. The maximum atomic E-state index is 12.2. The van der Waals surface area contributed by atoms with Crippen LogP contribution in [0.3, 0.4) is 0 Å². The van der Waals surface area contributed by atoms with Crippen LogP contribution in [0.25, 0.3) is 0 Å². The van der Waals surface area contributed by atoms with E-state index in [9.17, 15) is 14.7 Å². The first-order chi connectivity index (χ1) is 13.0. The number of nitrogens with one attached hydrogen (secondary N) is 1. The van der Waals surface area contributed by atoms with Crippen molar-refractivity contribution in [2.75, 3.05) is 25.1 Å². The largest absolute Gasteiger partial charge is 0.386 e. The molecule has 2 aliphatic rings. The third-order valence-electron chi connectivity index (χ3n) is 5.41. The number of benzene rings is 1. The van der Waals surface area contributed by atoms with Gasteiger partial charge in [0, 0.05) is 18.2 Å². The number of carbonyl (C=O) groups is 2. The van der Waals surface area contributed by atoms with E-state index < -0.39 is 12.1 Å². The number of hydrogen-bond acceptors (Lipinski definition) is 4. The summed E-state index contributed by atoms with van der Waals surface area (Å²) in [6, 6.07) is 6.84. The first-order valence-electron chi connectivity index (χ1n) is 9.92. The monoisotopic (exact) mass is 374 g/mol. The summed E-state index contributed by atoms with van der Waals surface area (Å²) in [5.41, 5.74) is 1.45. The van der Waals surface area contributed by atoms with E-state index in [2.05, 4.69) is 5.32 Å². The van der Waals surface area contributed by atoms with Gasteiger partial charge in [-0.3, -0.25) is 9.59 Å². The second kappa shape index (κ2) is 8.85. The van der Waals surface area contributed by atoms with Crippen LogP contribution >= 0.6 is 0 Å². The van der Waals surface area contributed by atoms with Crippen LogP contribution in [0, 0.1) is 11.8 Å². The van der Waals surface area contributed by atoms with E-state index in [4.69, 9.17) is 4.74 Å². The predicted octanol–water partition coefficient (Wildman–Crippen LogP) is 2.73. The maximum Gasteiger partial charge on any atom is 0.249 e. The van der Waals surface area contributed by atoms with Crippen molar-refractivity contribution >= 4 is 17.5 Å². The number of amides is 2. The number of anilines is 1. The van der Waals surface area contributed by atoms with Crippen LogP contribution in [0.4, 0.5) is 5.69 Å². The van der Waals surface area contributed by atoms with Crippen LogP contribution in [0.2, 0.25) is 0 Å². The molecule has 0 unspecified atom stereocenters. The lowest BCUT2D eigenvalue weighted by molar-refractivity contribution is -0.155. The minimum Gasteiger partial charge on any atom is -0.386 e. The van der Waals surface area contributed by atoms with Gasteiger partial charge < -0.3 is 20.1 Å². The molecule has 6 nitrogen and oxygen atoms in total. The van der Waals surface area contributed by atoms with Gasteiger partial charge in [0.25, 0.3) is 0 Å². The average molecular weight is 374 g/mol. The Labute approximate surface area is 160 Å². The Morgan fingerprint density at radius 3 is 2.56 bits per heavy atom. The summed E-state index contributed by atoms with van der Waals surface area (Å²) in [6.45, 7) is 5.09. The molecule has 3 rings (SSSR count). The first kappa shape index (κ1) is 19.8. The molecule has 0 aromatic heterocycles. The van der Waals surface area contributed by atoms with Crippen molar-refractivity contribution in [1.82, 2.24) is 4.90 Å². The zero-order chi connectivity index (χ0) is 19.4. The number of nitrogens with zero attached hydrogens (tertiary/aromatic N) is 1. The number of morpholine rings is 1. The fourth-order valence-corrected chi connectivity index (χ4v) is 3.94. The molecule has 1 aliphatic carbocycles. The molecule has 2 amide bonds. The Kier molecular flexibility index (Phi) is 6.50. The van der Waals surface area contributed by atoms with E-state index in [0.717, 1.165) is 31.4 Å². The molecule has 148 valence electrons. The van der Waals surface area contributed by atoms with E-state index in [0.29, 0.717) is 24.6 Å². The highest BCUT2D eigenvalue weighted by Gasteiger charge is 2.34. The van der Waals surface area contributed by atoms with Crippen molar-refractivity contribution in [1.29, 1.82) is 0 Å². The van der Waals surface area contributed by atoms with Crippen LogP contribution in [0.15, 0.2) is 24.3 Å². The number of aliphatic hydroxyl groups excluding tert-OH is 1.